The molecule has 0 aromatic rings. The van der Waals surface area contributed by atoms with Crippen LogP contribution in [0.5, 0.6) is 0 Å². The molecule has 0 aliphatic rings. The molecule has 0 saturated heterocycles. The van der Waals surface area contributed by atoms with Crippen molar-refractivity contribution in [2.45, 2.75) is 58.9 Å². The molecule has 1 nitrogen and oxygen atoms in total. The molecule has 0 bridgehead atoms. The fourth-order valence-electron chi connectivity index (χ4n) is 1.30. The Bertz CT molecular complexity index is 127. The molecule has 0 radical (unpaired) electrons. The monoisotopic (exact) mass is 183 g/mol. The molecule has 1 heteroatoms. The van der Waals surface area contributed by atoms with Crippen molar-refractivity contribution >= 4 is 0 Å². The van der Waals surface area contributed by atoms with E-state index in [1.807, 2.05) is 0 Å². The molecule has 0 heterocycles. The number of unbranched alkanes of at least 4 members (excludes halogenated alkanes) is 3. The van der Waals surface area contributed by atoms with Gasteiger partial charge in [0.25, 0.3) is 0 Å². The van der Waals surface area contributed by atoms with E-state index >= 15 is 0 Å². The molecule has 0 saturated carbocycles. The van der Waals surface area contributed by atoms with Crippen LogP contribution in [0.25, 0.3) is 0 Å². The number of allylic oxidation sites excluding steroid dienone is 1. The van der Waals surface area contributed by atoms with E-state index in [0.29, 0.717) is 6.04 Å². The summed E-state index contributed by atoms with van der Waals surface area (Å²) in [6.45, 7) is 11.6. The van der Waals surface area contributed by atoms with E-state index in [1.165, 1.54) is 44.2 Å². The molecule has 13 heavy (non-hydrogen) atoms. The van der Waals surface area contributed by atoms with Crippen molar-refractivity contribution in [3.63, 3.8) is 0 Å². The molecule has 0 rings (SSSR count). The van der Waals surface area contributed by atoms with Gasteiger partial charge in [0.05, 0.1) is 0 Å². The third-order valence-corrected chi connectivity index (χ3v) is 2.08. The standard InChI is InChI=1S/C12H25N/c1-11(2)9-7-5-6-8-10-13-12(3)4/h12-13H,1,5-10H2,2-4H3. The van der Waals surface area contributed by atoms with Crippen molar-refractivity contribution in [3.05, 3.63) is 12.2 Å². The Kier molecular flexibility index (Phi) is 8.11. The van der Waals surface area contributed by atoms with Gasteiger partial charge in [0, 0.05) is 6.04 Å². The molecule has 0 aromatic carbocycles. The third kappa shape index (κ3) is 11.7. The van der Waals surface area contributed by atoms with Crippen LogP contribution in [-0.2, 0) is 0 Å². The summed E-state index contributed by atoms with van der Waals surface area (Å²) in [7, 11) is 0. The number of hydrogen-bond donors (Lipinski definition) is 1. The van der Waals surface area contributed by atoms with Gasteiger partial charge in [0.1, 0.15) is 0 Å². The van der Waals surface area contributed by atoms with E-state index in [2.05, 4.69) is 32.7 Å². The summed E-state index contributed by atoms with van der Waals surface area (Å²) < 4.78 is 0. The first-order valence-corrected chi connectivity index (χ1v) is 5.50. The second-order valence-electron chi connectivity index (χ2n) is 4.23. The first kappa shape index (κ1) is 12.7. The number of nitrogens with one attached hydrogen (secondary N) is 1. The first-order valence-electron chi connectivity index (χ1n) is 5.50. The van der Waals surface area contributed by atoms with Crippen molar-refractivity contribution in [1.29, 1.82) is 0 Å². The Labute approximate surface area is 83.6 Å². The van der Waals surface area contributed by atoms with Gasteiger partial charge < -0.3 is 5.32 Å². The summed E-state index contributed by atoms with van der Waals surface area (Å²) in [6.07, 6.45) is 6.54. The first-order chi connectivity index (χ1) is 6.13. The smallest absolute Gasteiger partial charge is 0.00103 e. The van der Waals surface area contributed by atoms with Gasteiger partial charge in [-0.2, -0.15) is 0 Å². The van der Waals surface area contributed by atoms with E-state index in [0.717, 1.165) is 0 Å². The van der Waals surface area contributed by atoms with Gasteiger partial charge in [0.15, 0.2) is 0 Å². The molecule has 0 atom stereocenters. The van der Waals surface area contributed by atoms with Crippen LogP contribution in [0, 0.1) is 0 Å². The lowest BCUT2D eigenvalue weighted by Crippen LogP contribution is -2.23. The van der Waals surface area contributed by atoms with E-state index in [1.54, 1.807) is 0 Å². The van der Waals surface area contributed by atoms with Gasteiger partial charge in [-0.15, -0.1) is 6.58 Å². The average molecular weight is 183 g/mol. The van der Waals surface area contributed by atoms with E-state index in [-0.39, 0.29) is 0 Å². The fraction of sp³-hybridized carbons (Fsp3) is 0.833. The molecular weight excluding hydrogens is 158 g/mol. The molecular formula is C12H25N. The van der Waals surface area contributed by atoms with Gasteiger partial charge in [-0.05, 0) is 32.7 Å². The fourth-order valence-corrected chi connectivity index (χ4v) is 1.30. The predicted octanol–water partition coefficient (Wildman–Crippen LogP) is 3.51. The van der Waals surface area contributed by atoms with Crippen LogP contribution < -0.4 is 5.32 Å². The van der Waals surface area contributed by atoms with Crippen molar-refractivity contribution < 1.29 is 0 Å². The Morgan fingerprint density at radius 1 is 1.15 bits per heavy atom. The van der Waals surface area contributed by atoms with Crippen LogP contribution in [-0.4, -0.2) is 12.6 Å². The molecule has 0 amide bonds. The summed E-state index contributed by atoms with van der Waals surface area (Å²) >= 11 is 0. The van der Waals surface area contributed by atoms with E-state index in [4.69, 9.17) is 0 Å². The van der Waals surface area contributed by atoms with Crippen molar-refractivity contribution in [2.24, 2.45) is 0 Å². The molecule has 0 aromatic heterocycles. The Morgan fingerprint density at radius 3 is 2.31 bits per heavy atom. The Balaban J connectivity index is 2.96. The molecule has 0 aliphatic carbocycles. The minimum Gasteiger partial charge on any atom is -0.315 e. The molecule has 0 aliphatic heterocycles. The van der Waals surface area contributed by atoms with Crippen LogP contribution in [0.3, 0.4) is 0 Å². The zero-order chi connectivity index (χ0) is 10.1. The quantitative estimate of drug-likeness (QED) is 0.448. The summed E-state index contributed by atoms with van der Waals surface area (Å²) in [4.78, 5) is 0. The van der Waals surface area contributed by atoms with Crippen molar-refractivity contribution in [2.75, 3.05) is 6.54 Å². The average Bonchev–Trinajstić information content (AvgIpc) is 2.01. The maximum absolute atomic E-state index is 3.90. The Hall–Kier alpha value is -0.300. The minimum absolute atomic E-state index is 0.635. The minimum atomic E-state index is 0.635. The highest BCUT2D eigenvalue weighted by Crippen LogP contribution is 2.07. The molecule has 0 fully saturated rings. The molecule has 78 valence electrons. The van der Waals surface area contributed by atoms with E-state index < -0.39 is 0 Å². The highest BCUT2D eigenvalue weighted by atomic mass is 14.9. The maximum atomic E-state index is 3.90. The van der Waals surface area contributed by atoms with Crippen LogP contribution in [0.4, 0.5) is 0 Å². The molecule has 0 spiro atoms. The van der Waals surface area contributed by atoms with E-state index in [9.17, 15) is 0 Å². The van der Waals surface area contributed by atoms with Crippen LogP contribution in [0.15, 0.2) is 12.2 Å². The van der Waals surface area contributed by atoms with Gasteiger partial charge in [-0.25, -0.2) is 0 Å². The summed E-state index contributed by atoms with van der Waals surface area (Å²) in [5, 5.41) is 3.43. The van der Waals surface area contributed by atoms with Gasteiger partial charge >= 0.3 is 0 Å². The van der Waals surface area contributed by atoms with Gasteiger partial charge in [-0.1, -0.05) is 32.3 Å². The lowest BCUT2D eigenvalue weighted by Gasteiger charge is -2.07. The lowest BCUT2D eigenvalue weighted by molar-refractivity contribution is 0.541. The number of rotatable bonds is 8. The van der Waals surface area contributed by atoms with Crippen LogP contribution in [0.1, 0.15) is 52.9 Å². The number of hydrogen-bond acceptors (Lipinski definition) is 1. The van der Waals surface area contributed by atoms with Crippen LogP contribution in [0.2, 0.25) is 0 Å². The lowest BCUT2D eigenvalue weighted by atomic mass is 10.1. The molecule has 0 unspecified atom stereocenters. The Morgan fingerprint density at radius 2 is 1.77 bits per heavy atom. The van der Waals surface area contributed by atoms with Gasteiger partial charge in [-0.3, -0.25) is 0 Å². The highest BCUT2D eigenvalue weighted by Gasteiger charge is 1.92. The second-order valence-corrected chi connectivity index (χ2v) is 4.23. The van der Waals surface area contributed by atoms with Crippen molar-refractivity contribution in [1.82, 2.24) is 5.32 Å². The maximum Gasteiger partial charge on any atom is 0.00103 e. The summed E-state index contributed by atoms with van der Waals surface area (Å²) in [5.74, 6) is 0. The SMILES string of the molecule is C=C(C)CCCCCCNC(C)C. The zero-order valence-electron chi connectivity index (χ0n) is 9.53. The second kappa shape index (κ2) is 8.31. The van der Waals surface area contributed by atoms with Gasteiger partial charge in [0.2, 0.25) is 0 Å². The largest absolute Gasteiger partial charge is 0.315 e. The van der Waals surface area contributed by atoms with Crippen LogP contribution >= 0.6 is 0 Å². The summed E-state index contributed by atoms with van der Waals surface area (Å²) in [6, 6.07) is 0.635. The highest BCUT2D eigenvalue weighted by molar-refractivity contribution is 4.86. The molecule has 1 N–H and O–H groups in total. The topological polar surface area (TPSA) is 12.0 Å². The third-order valence-electron chi connectivity index (χ3n) is 2.08. The van der Waals surface area contributed by atoms with Crippen molar-refractivity contribution in [3.8, 4) is 0 Å². The summed E-state index contributed by atoms with van der Waals surface area (Å²) in [5.41, 5.74) is 1.32. The zero-order valence-corrected chi connectivity index (χ0v) is 9.53. The normalized spacial score (nSPS) is 10.8. The predicted molar refractivity (Wildman–Crippen MR) is 61.0 cm³/mol.